The summed E-state index contributed by atoms with van der Waals surface area (Å²) >= 11 is 12.2. The fraction of sp³-hybridized carbons (Fsp3) is 0.286. The highest BCUT2D eigenvalue weighted by atomic mass is 35.5. The van der Waals surface area contributed by atoms with Gasteiger partial charge in [-0.3, -0.25) is 9.48 Å². The SMILES string of the molecule is Cc1ccc(C(=O)Cc2c(C)nn(C)c2Cl)cc1Cl. The Labute approximate surface area is 122 Å². The standard InChI is InChI=1S/C14H14Cl2N2O/c1-8-4-5-10(6-12(8)15)13(19)7-11-9(2)17-18(3)14(11)16/h4-6H,7H2,1-3H3. The van der Waals surface area contributed by atoms with Crippen molar-refractivity contribution in [3.8, 4) is 0 Å². The molecule has 0 fully saturated rings. The molecule has 0 saturated heterocycles. The van der Waals surface area contributed by atoms with Crippen molar-refractivity contribution in [2.75, 3.05) is 0 Å². The molecule has 0 aliphatic carbocycles. The highest BCUT2D eigenvalue weighted by Crippen LogP contribution is 2.22. The lowest BCUT2D eigenvalue weighted by atomic mass is 10.0. The summed E-state index contributed by atoms with van der Waals surface area (Å²) in [5, 5.41) is 5.30. The van der Waals surface area contributed by atoms with Crippen molar-refractivity contribution in [1.29, 1.82) is 0 Å². The Balaban J connectivity index is 2.28. The second kappa shape index (κ2) is 5.35. The number of ketones is 1. The number of hydrogen-bond acceptors (Lipinski definition) is 2. The fourth-order valence-electron chi connectivity index (χ4n) is 1.90. The Bertz CT molecular complexity index is 647. The van der Waals surface area contributed by atoms with E-state index in [4.69, 9.17) is 23.2 Å². The van der Waals surface area contributed by atoms with Crippen molar-refractivity contribution >= 4 is 29.0 Å². The predicted molar refractivity (Wildman–Crippen MR) is 77.2 cm³/mol. The fourth-order valence-corrected chi connectivity index (χ4v) is 2.33. The van der Waals surface area contributed by atoms with E-state index in [0.717, 1.165) is 16.8 Å². The topological polar surface area (TPSA) is 34.9 Å². The molecular weight excluding hydrogens is 283 g/mol. The van der Waals surface area contributed by atoms with E-state index in [-0.39, 0.29) is 12.2 Å². The smallest absolute Gasteiger partial charge is 0.167 e. The number of benzene rings is 1. The molecule has 19 heavy (non-hydrogen) atoms. The summed E-state index contributed by atoms with van der Waals surface area (Å²) < 4.78 is 1.57. The van der Waals surface area contributed by atoms with Gasteiger partial charge in [-0.15, -0.1) is 0 Å². The molecule has 0 spiro atoms. The van der Waals surface area contributed by atoms with Gasteiger partial charge in [0.25, 0.3) is 0 Å². The predicted octanol–water partition coefficient (Wildman–Crippen LogP) is 3.77. The Morgan fingerprint density at radius 1 is 1.32 bits per heavy atom. The van der Waals surface area contributed by atoms with E-state index < -0.39 is 0 Å². The number of hydrogen-bond donors (Lipinski definition) is 0. The zero-order chi connectivity index (χ0) is 14.2. The Hall–Kier alpha value is -1.32. The lowest BCUT2D eigenvalue weighted by Crippen LogP contribution is -2.04. The van der Waals surface area contributed by atoms with Crippen molar-refractivity contribution in [3.05, 3.63) is 50.8 Å². The van der Waals surface area contributed by atoms with E-state index in [2.05, 4.69) is 5.10 Å². The summed E-state index contributed by atoms with van der Waals surface area (Å²) in [7, 11) is 1.76. The molecule has 1 heterocycles. The van der Waals surface area contributed by atoms with Crippen LogP contribution in [0.1, 0.15) is 27.2 Å². The van der Waals surface area contributed by atoms with E-state index >= 15 is 0 Å². The van der Waals surface area contributed by atoms with Gasteiger partial charge in [-0.2, -0.15) is 5.10 Å². The van der Waals surface area contributed by atoms with Crippen LogP contribution >= 0.6 is 23.2 Å². The van der Waals surface area contributed by atoms with Crippen molar-refractivity contribution in [1.82, 2.24) is 9.78 Å². The van der Waals surface area contributed by atoms with Crippen LogP contribution in [0.25, 0.3) is 0 Å². The number of aromatic nitrogens is 2. The molecule has 3 nitrogen and oxygen atoms in total. The van der Waals surface area contributed by atoms with Crippen LogP contribution in [-0.4, -0.2) is 15.6 Å². The average Bonchev–Trinajstić information content (AvgIpc) is 2.59. The van der Waals surface area contributed by atoms with Crippen molar-refractivity contribution in [2.24, 2.45) is 7.05 Å². The number of carbonyl (C=O) groups is 1. The maximum Gasteiger partial charge on any atom is 0.167 e. The Kier molecular flexibility index (Phi) is 3.97. The number of rotatable bonds is 3. The van der Waals surface area contributed by atoms with Gasteiger partial charge in [-0.25, -0.2) is 0 Å². The van der Waals surface area contributed by atoms with Gasteiger partial charge in [0, 0.05) is 29.6 Å². The summed E-state index contributed by atoms with van der Waals surface area (Å²) in [5.41, 5.74) is 3.09. The molecular formula is C14H14Cl2N2O. The third-order valence-corrected chi connectivity index (χ3v) is 3.98. The van der Waals surface area contributed by atoms with Gasteiger partial charge in [-0.05, 0) is 25.5 Å². The van der Waals surface area contributed by atoms with Gasteiger partial charge in [0.05, 0.1) is 5.69 Å². The first-order valence-electron chi connectivity index (χ1n) is 5.87. The van der Waals surface area contributed by atoms with Gasteiger partial charge in [0.15, 0.2) is 5.78 Å². The lowest BCUT2D eigenvalue weighted by molar-refractivity contribution is 0.0992. The maximum absolute atomic E-state index is 12.2. The highest BCUT2D eigenvalue weighted by molar-refractivity contribution is 6.32. The highest BCUT2D eigenvalue weighted by Gasteiger charge is 2.16. The molecule has 0 N–H and O–H groups in total. The largest absolute Gasteiger partial charge is 0.294 e. The quantitative estimate of drug-likeness (QED) is 0.808. The summed E-state index contributed by atoms with van der Waals surface area (Å²) in [6.45, 7) is 3.75. The zero-order valence-electron chi connectivity index (χ0n) is 11.0. The van der Waals surface area contributed by atoms with Gasteiger partial charge >= 0.3 is 0 Å². The number of aryl methyl sites for hydroxylation is 3. The van der Waals surface area contributed by atoms with E-state index in [9.17, 15) is 4.79 Å². The zero-order valence-corrected chi connectivity index (χ0v) is 12.5. The molecule has 0 atom stereocenters. The molecule has 0 saturated carbocycles. The van der Waals surface area contributed by atoms with E-state index in [1.807, 2.05) is 19.9 Å². The Morgan fingerprint density at radius 2 is 2.00 bits per heavy atom. The van der Waals surface area contributed by atoms with Crippen LogP contribution in [0.15, 0.2) is 18.2 Å². The molecule has 0 bridgehead atoms. The van der Waals surface area contributed by atoms with Crippen molar-refractivity contribution < 1.29 is 4.79 Å². The molecule has 1 aromatic carbocycles. The van der Waals surface area contributed by atoms with Gasteiger partial charge < -0.3 is 0 Å². The minimum absolute atomic E-state index is 0.0140. The summed E-state index contributed by atoms with van der Waals surface area (Å²) in [5.74, 6) is -0.0140. The molecule has 5 heteroatoms. The van der Waals surface area contributed by atoms with Gasteiger partial charge in [0.2, 0.25) is 0 Å². The van der Waals surface area contributed by atoms with Crippen LogP contribution in [0.4, 0.5) is 0 Å². The van der Waals surface area contributed by atoms with Crippen molar-refractivity contribution in [2.45, 2.75) is 20.3 Å². The monoisotopic (exact) mass is 296 g/mol. The summed E-state index contributed by atoms with van der Waals surface area (Å²) in [6, 6.07) is 5.31. The minimum Gasteiger partial charge on any atom is -0.294 e. The molecule has 0 aliphatic rings. The minimum atomic E-state index is -0.0140. The molecule has 0 radical (unpaired) electrons. The first-order valence-corrected chi connectivity index (χ1v) is 6.63. The first-order chi connectivity index (χ1) is 8.90. The van der Waals surface area contributed by atoms with E-state index in [1.54, 1.807) is 23.9 Å². The molecule has 0 amide bonds. The van der Waals surface area contributed by atoms with Gasteiger partial charge in [-0.1, -0.05) is 35.3 Å². The molecule has 100 valence electrons. The first kappa shape index (κ1) is 14.1. The van der Waals surface area contributed by atoms with Crippen LogP contribution in [0.2, 0.25) is 10.2 Å². The van der Waals surface area contributed by atoms with Crippen LogP contribution < -0.4 is 0 Å². The van der Waals surface area contributed by atoms with Crippen LogP contribution in [0, 0.1) is 13.8 Å². The molecule has 0 aliphatic heterocycles. The van der Waals surface area contributed by atoms with Crippen molar-refractivity contribution in [3.63, 3.8) is 0 Å². The Morgan fingerprint density at radius 3 is 2.53 bits per heavy atom. The molecule has 2 rings (SSSR count). The number of Topliss-reactive ketones (excluding diaryl/α,β-unsaturated/α-hetero) is 1. The summed E-state index contributed by atoms with van der Waals surface area (Å²) in [4.78, 5) is 12.2. The third-order valence-electron chi connectivity index (χ3n) is 3.10. The van der Waals surface area contributed by atoms with Gasteiger partial charge in [0.1, 0.15) is 5.15 Å². The lowest BCUT2D eigenvalue weighted by Gasteiger charge is -2.04. The van der Waals surface area contributed by atoms with Crippen LogP contribution in [-0.2, 0) is 13.5 Å². The normalized spacial score (nSPS) is 10.8. The molecule has 0 unspecified atom stereocenters. The second-order valence-electron chi connectivity index (χ2n) is 4.54. The van der Waals surface area contributed by atoms with E-state index in [0.29, 0.717) is 15.7 Å². The number of carbonyl (C=O) groups excluding carboxylic acids is 1. The average molecular weight is 297 g/mol. The molecule has 1 aromatic heterocycles. The second-order valence-corrected chi connectivity index (χ2v) is 5.31. The number of nitrogens with zero attached hydrogens (tertiary/aromatic N) is 2. The summed E-state index contributed by atoms with van der Waals surface area (Å²) in [6.07, 6.45) is 0.234. The van der Waals surface area contributed by atoms with E-state index in [1.165, 1.54) is 0 Å². The maximum atomic E-state index is 12.2. The molecule has 2 aromatic rings. The van der Waals surface area contributed by atoms with Crippen LogP contribution in [0.5, 0.6) is 0 Å². The number of halogens is 2. The third kappa shape index (κ3) is 2.82. The van der Waals surface area contributed by atoms with Crippen LogP contribution in [0.3, 0.4) is 0 Å².